The maximum Gasteiger partial charge on any atom is 0.255 e. The first-order chi connectivity index (χ1) is 20.0. The number of rotatable bonds is 6. The third kappa shape index (κ3) is 4.84. The molecular formula is C33H27N5O3. The fraction of sp³-hybridized carbons (Fsp3) is 0.152. The molecule has 5 aromatic rings. The van der Waals surface area contributed by atoms with E-state index in [0.717, 1.165) is 56.7 Å². The molecular weight excluding hydrogens is 514 g/mol. The smallest absolute Gasteiger partial charge is 0.255 e. The number of benzene rings is 3. The maximum atomic E-state index is 13.0. The topological polar surface area (TPSA) is 110 Å². The molecule has 1 aliphatic carbocycles. The number of carbonyl (C=O) groups is 2. The minimum atomic E-state index is -0.179. The van der Waals surface area contributed by atoms with Crippen LogP contribution in [0.2, 0.25) is 0 Å². The highest BCUT2D eigenvalue weighted by Gasteiger charge is 2.25. The Bertz CT molecular complexity index is 1850. The first kappa shape index (κ1) is 24.8. The summed E-state index contributed by atoms with van der Waals surface area (Å²) in [6, 6.07) is 26.9. The number of nitrogens with one attached hydrogen (secondary N) is 3. The largest absolute Gasteiger partial charge is 0.618 e. The van der Waals surface area contributed by atoms with E-state index < -0.39 is 0 Å². The van der Waals surface area contributed by atoms with Crippen LogP contribution in [0.15, 0.2) is 91.1 Å². The monoisotopic (exact) mass is 541 g/mol. The van der Waals surface area contributed by atoms with Gasteiger partial charge in [0, 0.05) is 42.3 Å². The summed E-state index contributed by atoms with van der Waals surface area (Å²) in [7, 11) is 0. The second-order valence-electron chi connectivity index (χ2n) is 10.5. The number of hydrogen-bond acceptors (Lipinski definition) is 5. The van der Waals surface area contributed by atoms with Crippen LogP contribution in [0.3, 0.4) is 0 Å². The van der Waals surface area contributed by atoms with Crippen molar-refractivity contribution in [3.8, 4) is 22.4 Å². The molecule has 3 aromatic carbocycles. The Morgan fingerprint density at radius 1 is 0.902 bits per heavy atom. The molecule has 2 aliphatic rings. The standard InChI is InChI=1S/C33H27N5O3/c39-32(35-24-12-13-24)23-8-2-6-21(18-23)20-5-1-7-22(17-20)28-19-29(31-27(37-28)14-15-34-33(31)40)36-26-10-3-11-30-25(26)9-4-16-38(30)41/h1-11,16-19,24H,12-15H2,(H,34,40)(H,35,39)(H,36,37). The number of nitrogens with zero attached hydrogens (tertiary/aromatic N) is 2. The number of aromatic nitrogens is 2. The number of amides is 2. The summed E-state index contributed by atoms with van der Waals surface area (Å²) >= 11 is 0. The lowest BCUT2D eigenvalue weighted by Gasteiger charge is -2.21. The van der Waals surface area contributed by atoms with E-state index in [4.69, 9.17) is 4.98 Å². The lowest BCUT2D eigenvalue weighted by Crippen LogP contribution is -2.33. The van der Waals surface area contributed by atoms with Gasteiger partial charge in [-0.3, -0.25) is 14.6 Å². The average molecular weight is 542 g/mol. The van der Waals surface area contributed by atoms with Crippen molar-refractivity contribution < 1.29 is 14.3 Å². The Morgan fingerprint density at radius 3 is 2.54 bits per heavy atom. The Labute approximate surface area is 236 Å². The van der Waals surface area contributed by atoms with Crippen LogP contribution < -0.4 is 20.7 Å². The molecule has 3 N–H and O–H groups in total. The normalized spacial score (nSPS) is 14.3. The number of pyridine rings is 2. The molecule has 7 rings (SSSR count). The quantitative estimate of drug-likeness (QED) is 0.204. The molecule has 0 saturated heterocycles. The van der Waals surface area contributed by atoms with E-state index in [1.807, 2.05) is 66.7 Å². The van der Waals surface area contributed by atoms with Gasteiger partial charge in [-0.1, -0.05) is 36.4 Å². The zero-order valence-electron chi connectivity index (χ0n) is 22.2. The van der Waals surface area contributed by atoms with Gasteiger partial charge in [-0.25, -0.2) is 0 Å². The van der Waals surface area contributed by atoms with Gasteiger partial charge in [-0.05, 0) is 60.4 Å². The van der Waals surface area contributed by atoms with Gasteiger partial charge in [0.2, 0.25) is 5.52 Å². The molecule has 1 fully saturated rings. The minimum absolute atomic E-state index is 0.0493. The van der Waals surface area contributed by atoms with Gasteiger partial charge < -0.3 is 21.2 Å². The van der Waals surface area contributed by atoms with Gasteiger partial charge in [-0.15, -0.1) is 0 Å². The van der Waals surface area contributed by atoms with Gasteiger partial charge in [0.1, 0.15) is 0 Å². The summed E-state index contributed by atoms with van der Waals surface area (Å²) < 4.78 is 0.830. The van der Waals surface area contributed by atoms with Crippen molar-refractivity contribution in [2.45, 2.75) is 25.3 Å². The second-order valence-corrected chi connectivity index (χ2v) is 10.5. The fourth-order valence-electron chi connectivity index (χ4n) is 5.33. The Kier molecular flexibility index (Phi) is 6.08. The molecule has 0 spiro atoms. The second kappa shape index (κ2) is 10.1. The molecule has 8 heteroatoms. The summed E-state index contributed by atoms with van der Waals surface area (Å²) in [4.78, 5) is 30.5. The van der Waals surface area contributed by atoms with Crippen LogP contribution in [0.1, 0.15) is 39.3 Å². The van der Waals surface area contributed by atoms with Crippen molar-refractivity contribution in [3.05, 3.63) is 113 Å². The molecule has 2 aromatic heterocycles. The highest BCUT2D eigenvalue weighted by atomic mass is 16.5. The minimum Gasteiger partial charge on any atom is -0.618 e. The van der Waals surface area contributed by atoms with Crippen molar-refractivity contribution in [2.24, 2.45) is 0 Å². The van der Waals surface area contributed by atoms with E-state index in [-0.39, 0.29) is 11.8 Å². The van der Waals surface area contributed by atoms with Crippen molar-refractivity contribution in [2.75, 3.05) is 11.9 Å². The van der Waals surface area contributed by atoms with E-state index in [0.29, 0.717) is 41.3 Å². The Hall–Kier alpha value is -5.24. The van der Waals surface area contributed by atoms with Crippen molar-refractivity contribution in [1.29, 1.82) is 0 Å². The van der Waals surface area contributed by atoms with Crippen molar-refractivity contribution in [1.82, 2.24) is 15.6 Å². The maximum absolute atomic E-state index is 13.0. The molecule has 202 valence electrons. The molecule has 0 unspecified atom stereocenters. The lowest BCUT2D eigenvalue weighted by molar-refractivity contribution is -0.577. The highest BCUT2D eigenvalue weighted by Crippen LogP contribution is 2.34. The van der Waals surface area contributed by atoms with Gasteiger partial charge in [0.15, 0.2) is 6.20 Å². The van der Waals surface area contributed by atoms with Crippen molar-refractivity contribution in [3.63, 3.8) is 0 Å². The third-order valence-corrected chi connectivity index (χ3v) is 7.57. The predicted molar refractivity (Wildman–Crippen MR) is 158 cm³/mol. The molecule has 1 saturated carbocycles. The fourth-order valence-corrected chi connectivity index (χ4v) is 5.33. The van der Waals surface area contributed by atoms with Crippen LogP contribution in [0, 0.1) is 5.21 Å². The molecule has 0 atom stereocenters. The SMILES string of the molecule is O=C(NC1CC1)c1cccc(-c2cccc(-c3cc(Nc4cccc5c4ccc[n+]5[O-])c4c(n3)CCNC4=O)c2)c1. The van der Waals surface area contributed by atoms with E-state index in [1.165, 1.54) is 6.20 Å². The van der Waals surface area contributed by atoms with Crippen LogP contribution >= 0.6 is 0 Å². The van der Waals surface area contributed by atoms with E-state index in [9.17, 15) is 14.8 Å². The van der Waals surface area contributed by atoms with Crippen LogP contribution in [0.4, 0.5) is 11.4 Å². The van der Waals surface area contributed by atoms with Crippen LogP contribution in [-0.2, 0) is 6.42 Å². The average Bonchev–Trinajstić information content (AvgIpc) is 3.82. The Balaban J connectivity index is 1.28. The number of fused-ring (bicyclic) bond motifs is 2. The van der Waals surface area contributed by atoms with Crippen LogP contribution in [0.25, 0.3) is 33.3 Å². The first-order valence-corrected chi connectivity index (χ1v) is 13.8. The lowest BCUT2D eigenvalue weighted by atomic mass is 9.97. The molecule has 2 amide bonds. The van der Waals surface area contributed by atoms with E-state index in [2.05, 4.69) is 22.0 Å². The summed E-state index contributed by atoms with van der Waals surface area (Å²) in [5.74, 6) is -0.228. The van der Waals surface area contributed by atoms with E-state index in [1.54, 1.807) is 12.1 Å². The summed E-state index contributed by atoms with van der Waals surface area (Å²) in [6.07, 6.45) is 4.16. The summed E-state index contributed by atoms with van der Waals surface area (Å²) in [5, 5.41) is 22.5. The van der Waals surface area contributed by atoms with Gasteiger partial charge in [-0.2, -0.15) is 4.73 Å². The van der Waals surface area contributed by atoms with Gasteiger partial charge in [0.25, 0.3) is 11.8 Å². The number of anilines is 2. The molecule has 3 heterocycles. The van der Waals surface area contributed by atoms with Gasteiger partial charge >= 0.3 is 0 Å². The summed E-state index contributed by atoms with van der Waals surface area (Å²) in [5.41, 5.74) is 7.26. The van der Waals surface area contributed by atoms with Gasteiger partial charge in [0.05, 0.1) is 33.7 Å². The zero-order valence-corrected chi connectivity index (χ0v) is 22.2. The molecule has 41 heavy (non-hydrogen) atoms. The number of hydrogen-bond donors (Lipinski definition) is 3. The Morgan fingerprint density at radius 2 is 1.68 bits per heavy atom. The van der Waals surface area contributed by atoms with E-state index >= 15 is 0 Å². The van der Waals surface area contributed by atoms with Crippen molar-refractivity contribution >= 4 is 34.1 Å². The molecule has 1 aliphatic heterocycles. The third-order valence-electron chi connectivity index (χ3n) is 7.57. The zero-order chi connectivity index (χ0) is 27.9. The number of carbonyl (C=O) groups excluding carboxylic acids is 2. The molecule has 8 nitrogen and oxygen atoms in total. The molecule has 0 radical (unpaired) electrons. The molecule has 0 bridgehead atoms. The predicted octanol–water partition coefficient (Wildman–Crippen LogP) is 5.12. The summed E-state index contributed by atoms with van der Waals surface area (Å²) in [6.45, 7) is 0.516. The van der Waals surface area contributed by atoms with Crippen LogP contribution in [-0.4, -0.2) is 29.4 Å². The highest BCUT2D eigenvalue weighted by molar-refractivity contribution is 6.04. The first-order valence-electron chi connectivity index (χ1n) is 13.8. The van der Waals surface area contributed by atoms with Crippen LogP contribution in [0.5, 0.6) is 0 Å².